The summed E-state index contributed by atoms with van der Waals surface area (Å²) in [7, 11) is -1.27. The summed E-state index contributed by atoms with van der Waals surface area (Å²) in [6.45, 7) is 3.71. The molecule has 0 spiro atoms. The molecule has 8 heteroatoms. The normalized spacial score (nSPS) is 14.4. The lowest BCUT2D eigenvalue weighted by molar-refractivity contribution is -0.144. The topological polar surface area (TPSA) is 84.0 Å². The maximum absolute atomic E-state index is 12.3. The van der Waals surface area contributed by atoms with Crippen molar-refractivity contribution < 1.29 is 27.7 Å². The highest BCUT2D eigenvalue weighted by molar-refractivity contribution is 7.48. The molecule has 0 radical (unpaired) electrons. The Kier molecular flexibility index (Phi) is 7.16. The molecule has 7 nitrogen and oxygen atoms in total. The average Bonchev–Trinajstić information content (AvgIpc) is 2.54. The van der Waals surface area contributed by atoms with Crippen LogP contribution in [0.15, 0.2) is 24.4 Å². The summed E-state index contributed by atoms with van der Waals surface area (Å²) in [5.74, 6) is -0.363. The molecule has 0 aliphatic rings. The summed E-state index contributed by atoms with van der Waals surface area (Å²) in [6, 6.07) is 5.25. The van der Waals surface area contributed by atoms with Gasteiger partial charge in [-0.05, 0) is 32.4 Å². The van der Waals surface area contributed by atoms with Gasteiger partial charge in [-0.2, -0.15) is 0 Å². The fourth-order valence-corrected chi connectivity index (χ4v) is 2.84. The third kappa shape index (κ3) is 5.18. The third-order valence-corrected chi connectivity index (χ3v) is 4.60. The van der Waals surface area contributed by atoms with Crippen LogP contribution < -0.4 is 0 Å². The summed E-state index contributed by atoms with van der Waals surface area (Å²) in [4.78, 5) is 15.8. The third-order valence-electron chi connectivity index (χ3n) is 3.08. The maximum atomic E-state index is 12.3. The standard InChI is InChI=1S/C14H22NO6P/c1-5-20-13(16)9-10-14(2,12-8-6-7-11-15-12)21-22(17,18-3)19-4/h6-8,11H,5,9-10H2,1-4H3. The number of pyridine rings is 1. The lowest BCUT2D eigenvalue weighted by Gasteiger charge is -2.31. The predicted octanol–water partition coefficient (Wildman–Crippen LogP) is 3.06. The van der Waals surface area contributed by atoms with Crippen molar-refractivity contribution in [3.05, 3.63) is 30.1 Å². The lowest BCUT2D eigenvalue weighted by atomic mass is 9.95. The van der Waals surface area contributed by atoms with Gasteiger partial charge in [0.2, 0.25) is 0 Å². The zero-order valence-electron chi connectivity index (χ0n) is 13.3. The molecule has 1 heterocycles. The molecule has 0 N–H and O–H groups in total. The molecule has 1 aromatic heterocycles. The number of aromatic nitrogens is 1. The highest BCUT2D eigenvalue weighted by Gasteiger charge is 2.39. The van der Waals surface area contributed by atoms with Gasteiger partial charge in [0.25, 0.3) is 0 Å². The van der Waals surface area contributed by atoms with Crippen LogP contribution in [0.3, 0.4) is 0 Å². The first-order valence-corrected chi connectivity index (χ1v) is 8.34. The molecule has 0 aliphatic heterocycles. The molecule has 0 aromatic carbocycles. The quantitative estimate of drug-likeness (QED) is 0.508. The van der Waals surface area contributed by atoms with Gasteiger partial charge >= 0.3 is 13.8 Å². The highest BCUT2D eigenvalue weighted by Crippen LogP contribution is 2.54. The molecule has 1 rings (SSSR count). The monoisotopic (exact) mass is 331 g/mol. The van der Waals surface area contributed by atoms with E-state index in [1.165, 1.54) is 14.2 Å². The summed E-state index contributed by atoms with van der Waals surface area (Å²) >= 11 is 0. The average molecular weight is 331 g/mol. The molecule has 1 unspecified atom stereocenters. The molecule has 0 saturated heterocycles. The highest BCUT2D eigenvalue weighted by atomic mass is 31.2. The summed E-state index contributed by atoms with van der Waals surface area (Å²) in [5.41, 5.74) is -0.594. The van der Waals surface area contributed by atoms with Crippen LogP contribution in [0.5, 0.6) is 0 Å². The van der Waals surface area contributed by atoms with Crippen LogP contribution in [0, 0.1) is 0 Å². The van der Waals surface area contributed by atoms with Crippen LogP contribution in [0.25, 0.3) is 0 Å². The van der Waals surface area contributed by atoms with E-state index in [2.05, 4.69) is 4.98 Å². The molecule has 0 saturated carbocycles. The number of nitrogens with zero attached hydrogens (tertiary/aromatic N) is 1. The van der Waals surface area contributed by atoms with Crippen molar-refractivity contribution in [3.8, 4) is 0 Å². The Morgan fingerprint density at radius 1 is 1.32 bits per heavy atom. The molecular formula is C14H22NO6P. The number of hydrogen-bond acceptors (Lipinski definition) is 7. The van der Waals surface area contributed by atoms with Gasteiger partial charge < -0.3 is 4.74 Å². The van der Waals surface area contributed by atoms with E-state index in [-0.39, 0.29) is 18.8 Å². The number of rotatable bonds is 9. The van der Waals surface area contributed by atoms with Gasteiger partial charge in [-0.3, -0.25) is 23.3 Å². The van der Waals surface area contributed by atoms with Gasteiger partial charge in [0.15, 0.2) is 0 Å². The minimum Gasteiger partial charge on any atom is -0.466 e. The second kappa shape index (κ2) is 8.39. The fraction of sp³-hybridized carbons (Fsp3) is 0.571. The van der Waals surface area contributed by atoms with E-state index in [1.54, 1.807) is 38.2 Å². The number of phosphoric acid groups is 1. The molecule has 0 aliphatic carbocycles. The Labute approximate surface area is 130 Å². The maximum Gasteiger partial charge on any atom is 0.475 e. The second-order valence-electron chi connectivity index (χ2n) is 4.65. The van der Waals surface area contributed by atoms with E-state index < -0.39 is 13.4 Å². The van der Waals surface area contributed by atoms with Crippen molar-refractivity contribution in [2.45, 2.75) is 32.3 Å². The van der Waals surface area contributed by atoms with Crippen LogP contribution >= 0.6 is 7.82 Å². The molecule has 1 atom stereocenters. The Balaban J connectivity index is 3.00. The smallest absolute Gasteiger partial charge is 0.466 e. The molecule has 0 fully saturated rings. The van der Waals surface area contributed by atoms with Crippen molar-refractivity contribution in [2.24, 2.45) is 0 Å². The van der Waals surface area contributed by atoms with E-state index in [1.807, 2.05) is 0 Å². The minimum absolute atomic E-state index is 0.0916. The number of esters is 1. The van der Waals surface area contributed by atoms with Crippen molar-refractivity contribution in [1.82, 2.24) is 4.98 Å². The summed E-state index contributed by atoms with van der Waals surface area (Å²) in [5, 5.41) is 0. The van der Waals surface area contributed by atoms with Crippen molar-refractivity contribution in [2.75, 3.05) is 20.8 Å². The minimum atomic E-state index is -3.74. The predicted molar refractivity (Wildman–Crippen MR) is 80.2 cm³/mol. The molecular weight excluding hydrogens is 309 g/mol. The van der Waals surface area contributed by atoms with Gasteiger partial charge in [-0.1, -0.05) is 6.07 Å². The van der Waals surface area contributed by atoms with Crippen LogP contribution in [0.4, 0.5) is 0 Å². The number of phosphoric ester groups is 1. The van der Waals surface area contributed by atoms with Gasteiger partial charge in [-0.25, -0.2) is 4.57 Å². The first-order chi connectivity index (χ1) is 10.4. The lowest BCUT2D eigenvalue weighted by Crippen LogP contribution is -2.28. The van der Waals surface area contributed by atoms with Crippen LogP contribution in [0.1, 0.15) is 32.4 Å². The Morgan fingerprint density at radius 2 is 2.00 bits per heavy atom. The number of hydrogen-bond donors (Lipinski definition) is 0. The molecule has 1 aromatic rings. The molecule has 0 bridgehead atoms. The summed E-state index contributed by atoms with van der Waals surface area (Å²) in [6.07, 6.45) is 1.90. The van der Waals surface area contributed by atoms with E-state index in [0.717, 1.165) is 0 Å². The summed E-state index contributed by atoms with van der Waals surface area (Å²) < 4.78 is 32.4. The zero-order valence-corrected chi connectivity index (χ0v) is 14.2. The van der Waals surface area contributed by atoms with E-state index >= 15 is 0 Å². The SMILES string of the molecule is CCOC(=O)CCC(C)(OP(=O)(OC)OC)c1ccccn1. The van der Waals surface area contributed by atoms with Gasteiger partial charge in [0, 0.05) is 26.8 Å². The van der Waals surface area contributed by atoms with E-state index in [9.17, 15) is 9.36 Å². The van der Waals surface area contributed by atoms with Crippen molar-refractivity contribution in [1.29, 1.82) is 0 Å². The van der Waals surface area contributed by atoms with Crippen LogP contribution in [-0.2, 0) is 33.3 Å². The zero-order chi connectivity index (χ0) is 16.6. The first kappa shape index (κ1) is 18.8. The largest absolute Gasteiger partial charge is 0.475 e. The second-order valence-corrected chi connectivity index (χ2v) is 6.46. The Hall–Kier alpha value is -1.27. The molecule has 22 heavy (non-hydrogen) atoms. The number of carbonyl (C=O) groups is 1. The van der Waals surface area contributed by atoms with Crippen molar-refractivity contribution >= 4 is 13.8 Å². The van der Waals surface area contributed by atoms with Crippen LogP contribution in [-0.4, -0.2) is 31.8 Å². The van der Waals surface area contributed by atoms with Gasteiger partial charge in [0.1, 0.15) is 5.60 Å². The van der Waals surface area contributed by atoms with E-state index in [4.69, 9.17) is 18.3 Å². The fourth-order valence-electron chi connectivity index (χ4n) is 1.87. The van der Waals surface area contributed by atoms with Gasteiger partial charge in [-0.15, -0.1) is 0 Å². The molecule has 124 valence electrons. The number of ether oxygens (including phenoxy) is 1. The first-order valence-electron chi connectivity index (χ1n) is 6.88. The molecule has 0 amide bonds. The Bertz CT molecular complexity index is 515. The Morgan fingerprint density at radius 3 is 2.50 bits per heavy atom. The van der Waals surface area contributed by atoms with Crippen molar-refractivity contribution in [3.63, 3.8) is 0 Å². The van der Waals surface area contributed by atoms with Crippen LogP contribution in [0.2, 0.25) is 0 Å². The van der Waals surface area contributed by atoms with Gasteiger partial charge in [0.05, 0.1) is 12.3 Å². The number of carbonyl (C=O) groups excluding carboxylic acids is 1. The van der Waals surface area contributed by atoms with E-state index in [0.29, 0.717) is 12.3 Å².